The molecule has 1 aliphatic heterocycles. The van der Waals surface area contributed by atoms with Gasteiger partial charge in [0.15, 0.2) is 0 Å². The van der Waals surface area contributed by atoms with E-state index >= 15 is 0 Å². The molecule has 0 saturated heterocycles. The van der Waals surface area contributed by atoms with Gasteiger partial charge in [0.1, 0.15) is 11.5 Å². The predicted molar refractivity (Wildman–Crippen MR) is 177 cm³/mol. The SMILES string of the molecule is Cc1nn(C)c(C)c1-c1c(Cl)ccc2c(CCCOCC3CC3)c3n(c12)[C@H](C)CN(c1cc2cc(C(=O)O)ccc2n1C)C3=O. The number of carboxylic acid groups (broad SMARTS) is 1. The van der Waals surface area contributed by atoms with Crippen molar-refractivity contribution in [2.45, 2.75) is 52.5 Å². The minimum atomic E-state index is -0.978. The van der Waals surface area contributed by atoms with Gasteiger partial charge < -0.3 is 19.0 Å². The minimum Gasteiger partial charge on any atom is -0.478 e. The van der Waals surface area contributed by atoms with Gasteiger partial charge in [0, 0.05) is 73.0 Å². The number of nitrogens with zero attached hydrogens (tertiary/aromatic N) is 5. The number of carbonyl (C=O) groups is 2. The largest absolute Gasteiger partial charge is 0.478 e. The van der Waals surface area contributed by atoms with Crippen molar-refractivity contribution in [2.24, 2.45) is 20.0 Å². The molecule has 5 aromatic rings. The van der Waals surface area contributed by atoms with Crippen LogP contribution < -0.4 is 4.90 Å². The first-order chi connectivity index (χ1) is 21.6. The van der Waals surface area contributed by atoms with Crippen LogP contribution in [0.3, 0.4) is 0 Å². The molecule has 10 heteroatoms. The summed E-state index contributed by atoms with van der Waals surface area (Å²) < 4.78 is 12.0. The van der Waals surface area contributed by atoms with Gasteiger partial charge in [-0.1, -0.05) is 17.7 Å². The fourth-order valence-corrected chi connectivity index (χ4v) is 7.36. The van der Waals surface area contributed by atoms with E-state index in [-0.39, 0.29) is 17.5 Å². The number of amides is 1. The molecule has 1 aliphatic carbocycles. The third-order valence-electron chi connectivity index (χ3n) is 9.62. The molecule has 1 amide bonds. The van der Waals surface area contributed by atoms with Crippen LogP contribution in [0.1, 0.15) is 70.0 Å². The number of hydrogen-bond acceptors (Lipinski definition) is 4. The molecule has 1 N–H and O–H groups in total. The molecule has 9 nitrogen and oxygen atoms in total. The molecule has 1 fully saturated rings. The van der Waals surface area contributed by atoms with Crippen LogP contribution >= 0.6 is 11.6 Å². The predicted octanol–water partition coefficient (Wildman–Crippen LogP) is 7.08. The molecule has 2 aromatic carbocycles. The van der Waals surface area contributed by atoms with Gasteiger partial charge in [0.05, 0.1) is 21.8 Å². The molecule has 4 heterocycles. The number of anilines is 1. The van der Waals surface area contributed by atoms with Gasteiger partial charge >= 0.3 is 5.97 Å². The Kier molecular flexibility index (Phi) is 7.28. The summed E-state index contributed by atoms with van der Waals surface area (Å²) in [6.07, 6.45) is 4.00. The monoisotopic (exact) mass is 627 g/mol. The van der Waals surface area contributed by atoms with Gasteiger partial charge in [0.2, 0.25) is 0 Å². The fourth-order valence-electron chi connectivity index (χ4n) is 7.11. The van der Waals surface area contributed by atoms with E-state index in [4.69, 9.17) is 21.4 Å². The zero-order chi connectivity index (χ0) is 31.7. The Morgan fingerprint density at radius 3 is 2.58 bits per heavy atom. The molecule has 0 radical (unpaired) electrons. The molecule has 234 valence electrons. The zero-order valence-corrected chi connectivity index (χ0v) is 27.1. The Labute approximate surface area is 266 Å². The highest BCUT2D eigenvalue weighted by molar-refractivity contribution is 6.35. The summed E-state index contributed by atoms with van der Waals surface area (Å²) in [5.74, 6) is 0.377. The number of benzene rings is 2. The first kappa shape index (κ1) is 29.6. The second kappa shape index (κ2) is 11.1. The number of halogens is 1. The Morgan fingerprint density at radius 1 is 1.11 bits per heavy atom. The van der Waals surface area contributed by atoms with Gasteiger partial charge in [-0.25, -0.2) is 4.79 Å². The first-order valence-corrected chi connectivity index (χ1v) is 16.0. The van der Waals surface area contributed by atoms with E-state index in [0.717, 1.165) is 68.7 Å². The summed E-state index contributed by atoms with van der Waals surface area (Å²) in [4.78, 5) is 28.2. The van der Waals surface area contributed by atoms with Crippen molar-refractivity contribution >= 4 is 51.1 Å². The lowest BCUT2D eigenvalue weighted by Gasteiger charge is -2.34. The van der Waals surface area contributed by atoms with Gasteiger partial charge in [-0.15, -0.1) is 0 Å². The summed E-state index contributed by atoms with van der Waals surface area (Å²) in [6, 6.07) is 10.9. The van der Waals surface area contributed by atoms with Gasteiger partial charge in [-0.3, -0.25) is 14.4 Å². The first-order valence-electron chi connectivity index (χ1n) is 15.6. The number of carboxylic acids is 1. The Hall–Kier alpha value is -4.08. The molecule has 0 unspecified atom stereocenters. The van der Waals surface area contributed by atoms with Crippen molar-refractivity contribution in [1.82, 2.24) is 18.9 Å². The highest BCUT2D eigenvalue weighted by Gasteiger charge is 2.37. The third-order valence-corrected chi connectivity index (χ3v) is 9.94. The number of aromatic carboxylic acids is 1. The maximum Gasteiger partial charge on any atom is 0.335 e. The third kappa shape index (κ3) is 4.84. The highest BCUT2D eigenvalue weighted by Crippen LogP contribution is 2.45. The van der Waals surface area contributed by atoms with Gasteiger partial charge in [-0.2, -0.15) is 5.10 Å². The smallest absolute Gasteiger partial charge is 0.335 e. The van der Waals surface area contributed by atoms with Crippen LogP contribution in [0.2, 0.25) is 5.02 Å². The van der Waals surface area contributed by atoms with E-state index < -0.39 is 5.97 Å². The van der Waals surface area contributed by atoms with Gasteiger partial charge in [0.25, 0.3) is 5.91 Å². The summed E-state index contributed by atoms with van der Waals surface area (Å²) >= 11 is 7.02. The normalized spacial score (nSPS) is 16.7. The topological polar surface area (TPSA) is 94.5 Å². The van der Waals surface area contributed by atoms with Crippen LogP contribution in [0.5, 0.6) is 0 Å². The number of aromatic nitrogens is 4. The summed E-state index contributed by atoms with van der Waals surface area (Å²) in [7, 11) is 3.86. The molecule has 3 aromatic heterocycles. The Bertz CT molecular complexity index is 2010. The van der Waals surface area contributed by atoms with Crippen LogP contribution in [0, 0.1) is 19.8 Å². The molecule has 0 bridgehead atoms. The van der Waals surface area contributed by atoms with Crippen LogP contribution in [0.4, 0.5) is 5.82 Å². The number of carbonyl (C=O) groups excluding carboxylic acids is 1. The lowest BCUT2D eigenvalue weighted by atomic mass is 9.98. The number of ether oxygens (including phenoxy) is 1. The van der Waals surface area contributed by atoms with E-state index in [9.17, 15) is 14.7 Å². The average molecular weight is 628 g/mol. The molecule has 1 saturated carbocycles. The van der Waals surface area contributed by atoms with Crippen LogP contribution in [-0.2, 0) is 25.3 Å². The molecule has 0 spiro atoms. The van der Waals surface area contributed by atoms with Crippen LogP contribution in [0.25, 0.3) is 32.9 Å². The second-order valence-corrected chi connectivity index (χ2v) is 13.1. The molecule has 1 atom stereocenters. The van der Waals surface area contributed by atoms with E-state index in [1.165, 1.54) is 12.8 Å². The van der Waals surface area contributed by atoms with E-state index in [1.807, 2.05) is 47.3 Å². The maximum absolute atomic E-state index is 14.7. The number of fused-ring (bicyclic) bond motifs is 4. The van der Waals surface area contributed by atoms with Crippen molar-refractivity contribution in [2.75, 3.05) is 24.7 Å². The average Bonchev–Trinajstić information content (AvgIpc) is 3.62. The van der Waals surface area contributed by atoms with Gasteiger partial charge in [-0.05, 0) is 88.3 Å². The summed E-state index contributed by atoms with van der Waals surface area (Å²) in [5.41, 5.74) is 7.54. The van der Waals surface area contributed by atoms with E-state index in [1.54, 1.807) is 18.2 Å². The molecule has 2 aliphatic rings. The number of rotatable bonds is 9. The van der Waals surface area contributed by atoms with E-state index in [0.29, 0.717) is 36.2 Å². The second-order valence-electron chi connectivity index (χ2n) is 12.7. The van der Waals surface area contributed by atoms with Crippen molar-refractivity contribution in [3.63, 3.8) is 0 Å². The van der Waals surface area contributed by atoms with Crippen LogP contribution in [-0.4, -0.2) is 55.7 Å². The summed E-state index contributed by atoms with van der Waals surface area (Å²) in [6.45, 7) is 8.10. The number of aryl methyl sites for hydroxylation is 4. The van der Waals surface area contributed by atoms with E-state index in [2.05, 4.69) is 24.5 Å². The van der Waals surface area contributed by atoms with Crippen molar-refractivity contribution in [3.05, 3.63) is 69.6 Å². The minimum absolute atomic E-state index is 0.0674. The lowest BCUT2D eigenvalue weighted by Crippen LogP contribution is -2.43. The van der Waals surface area contributed by atoms with Crippen molar-refractivity contribution in [3.8, 4) is 11.1 Å². The lowest BCUT2D eigenvalue weighted by molar-refractivity contribution is 0.0696. The standard InChI is InChI=1S/C35H38ClN5O4/c1-19-17-40(29-16-24-15-23(35(43)44)10-13-28(24)38(29)4)34(42)33-25(7-6-14-45-18-22-8-9-22)26-11-12-27(36)31(32(26)41(19)33)30-20(2)37-39(5)21(30)3/h10-13,15-16,19,22H,6-9,14,17-18H2,1-5H3,(H,43,44)/t19-/m1/s1. The van der Waals surface area contributed by atoms with Crippen LogP contribution in [0.15, 0.2) is 36.4 Å². The molecular formula is C35H38ClN5O4. The highest BCUT2D eigenvalue weighted by atomic mass is 35.5. The maximum atomic E-state index is 14.7. The molecule has 7 rings (SSSR count). The van der Waals surface area contributed by atoms with Crippen molar-refractivity contribution < 1.29 is 19.4 Å². The molecular weight excluding hydrogens is 590 g/mol. The fraction of sp³-hybridized carbons (Fsp3) is 0.400. The quantitative estimate of drug-likeness (QED) is 0.176. The van der Waals surface area contributed by atoms with Crippen molar-refractivity contribution in [1.29, 1.82) is 0 Å². The molecule has 45 heavy (non-hydrogen) atoms. The summed E-state index contributed by atoms with van der Waals surface area (Å²) in [5, 5.41) is 16.7. The Morgan fingerprint density at radius 2 is 1.89 bits per heavy atom. The Balaban J connectivity index is 1.39. The number of hydrogen-bond donors (Lipinski definition) is 1. The zero-order valence-electron chi connectivity index (χ0n) is 26.4.